The summed E-state index contributed by atoms with van der Waals surface area (Å²) in [7, 11) is 0. The molecule has 4 nitrogen and oxygen atoms in total. The second-order valence-electron chi connectivity index (χ2n) is 8.20. The Hall–Kier alpha value is -2.05. The molecule has 1 aromatic heterocycles. The van der Waals surface area contributed by atoms with Gasteiger partial charge in [0.05, 0.1) is 16.2 Å². The summed E-state index contributed by atoms with van der Waals surface area (Å²) >= 11 is 18.1. The number of nitrogens with zero attached hydrogens (tertiary/aromatic N) is 2. The summed E-state index contributed by atoms with van der Waals surface area (Å²) in [5, 5.41) is 16.4. The first-order chi connectivity index (χ1) is 16.6. The van der Waals surface area contributed by atoms with E-state index in [9.17, 15) is 35.8 Å². The van der Waals surface area contributed by atoms with E-state index in [0.29, 0.717) is 21.7 Å². The number of hydrogen-bond acceptors (Lipinski definition) is 3. The number of benzene rings is 2. The molecule has 14 heteroatoms. The maximum atomic E-state index is 14.5. The molecule has 1 heterocycles. The van der Waals surface area contributed by atoms with E-state index in [1.165, 1.54) is 12.4 Å². The van der Waals surface area contributed by atoms with Crippen LogP contribution in [0.1, 0.15) is 30.2 Å². The fraction of sp³-hybridized carbons (Fsp3) is 0.318. The van der Waals surface area contributed by atoms with Gasteiger partial charge < -0.3 is 5.11 Å². The highest BCUT2D eigenvalue weighted by molar-refractivity contribution is 6.37. The number of alkyl halides is 7. The Morgan fingerprint density at radius 1 is 0.889 bits per heavy atom. The van der Waals surface area contributed by atoms with Crippen molar-refractivity contribution in [2.45, 2.75) is 43.1 Å². The van der Waals surface area contributed by atoms with Crippen molar-refractivity contribution < 1.29 is 35.8 Å². The molecule has 0 aliphatic heterocycles. The monoisotopic (exact) mass is 575 g/mol. The van der Waals surface area contributed by atoms with Crippen molar-refractivity contribution in [3.63, 3.8) is 0 Å². The number of aromatic nitrogens is 2. The molecule has 1 saturated carbocycles. The summed E-state index contributed by atoms with van der Waals surface area (Å²) in [5.74, 6) is 0. The summed E-state index contributed by atoms with van der Waals surface area (Å²) < 4.78 is 94.2. The zero-order valence-electron chi connectivity index (χ0n) is 17.7. The van der Waals surface area contributed by atoms with Crippen LogP contribution >= 0.6 is 34.8 Å². The van der Waals surface area contributed by atoms with E-state index in [1.807, 2.05) is 0 Å². The van der Waals surface area contributed by atoms with E-state index in [1.54, 1.807) is 18.2 Å². The SMILES string of the molecule is OC(NC1CC1)c1cc(-c2cnn(-c3c(Cl)cc(C(F)(C(F)(F)F)C(F)(F)F)cc3Cl)c2)ccc1Cl. The van der Waals surface area contributed by atoms with E-state index >= 15 is 0 Å². The largest absolute Gasteiger partial charge is 0.435 e. The Morgan fingerprint density at radius 3 is 2.00 bits per heavy atom. The number of aliphatic hydroxyl groups is 1. The van der Waals surface area contributed by atoms with E-state index in [0.717, 1.165) is 17.5 Å². The first-order valence-electron chi connectivity index (χ1n) is 10.2. The lowest BCUT2D eigenvalue weighted by atomic mass is 9.94. The second-order valence-corrected chi connectivity index (χ2v) is 9.42. The van der Waals surface area contributed by atoms with Crippen LogP contribution in [0.25, 0.3) is 16.8 Å². The molecule has 0 bridgehead atoms. The molecule has 0 radical (unpaired) electrons. The lowest BCUT2D eigenvalue weighted by molar-refractivity contribution is -0.348. The molecule has 1 fully saturated rings. The van der Waals surface area contributed by atoms with Crippen LogP contribution in [-0.2, 0) is 5.67 Å². The third-order valence-electron chi connectivity index (χ3n) is 5.60. The molecule has 3 aromatic rings. The minimum absolute atomic E-state index is 0.187. The van der Waals surface area contributed by atoms with Crippen LogP contribution in [0.4, 0.5) is 30.7 Å². The van der Waals surface area contributed by atoms with Crippen molar-refractivity contribution in [1.82, 2.24) is 15.1 Å². The van der Waals surface area contributed by atoms with Gasteiger partial charge in [-0.15, -0.1) is 0 Å². The predicted molar refractivity (Wildman–Crippen MR) is 120 cm³/mol. The van der Waals surface area contributed by atoms with Gasteiger partial charge in [0, 0.05) is 34.0 Å². The quantitative estimate of drug-likeness (QED) is 0.236. The Bertz CT molecular complexity index is 1250. The van der Waals surface area contributed by atoms with Crippen LogP contribution < -0.4 is 5.32 Å². The van der Waals surface area contributed by atoms with Gasteiger partial charge in [-0.2, -0.15) is 31.4 Å². The Balaban J connectivity index is 1.70. The number of hydrogen-bond donors (Lipinski definition) is 2. The van der Waals surface area contributed by atoms with E-state index < -0.39 is 39.9 Å². The van der Waals surface area contributed by atoms with Crippen LogP contribution in [0.2, 0.25) is 15.1 Å². The number of aliphatic hydroxyl groups excluding tert-OH is 1. The number of halogens is 10. The normalized spacial score (nSPS) is 15.9. The van der Waals surface area contributed by atoms with Gasteiger partial charge in [0.1, 0.15) is 11.9 Å². The van der Waals surface area contributed by atoms with Gasteiger partial charge in [-0.25, -0.2) is 9.07 Å². The molecule has 1 unspecified atom stereocenters. The van der Waals surface area contributed by atoms with Gasteiger partial charge in [0.15, 0.2) is 0 Å². The summed E-state index contributed by atoms with van der Waals surface area (Å²) in [6.45, 7) is 0. The van der Waals surface area contributed by atoms with Crippen molar-refractivity contribution in [3.8, 4) is 16.8 Å². The van der Waals surface area contributed by atoms with E-state index in [-0.39, 0.29) is 23.9 Å². The Kier molecular flexibility index (Phi) is 7.02. The molecule has 2 N–H and O–H groups in total. The molecule has 2 aromatic carbocycles. The maximum Gasteiger partial charge on any atom is 0.435 e. The van der Waals surface area contributed by atoms with Crippen LogP contribution in [0.5, 0.6) is 0 Å². The summed E-state index contributed by atoms with van der Waals surface area (Å²) in [6.07, 6.45) is -9.11. The average molecular weight is 577 g/mol. The number of nitrogens with one attached hydrogen (secondary N) is 1. The Labute approximate surface area is 214 Å². The zero-order valence-corrected chi connectivity index (χ0v) is 20.0. The highest BCUT2D eigenvalue weighted by atomic mass is 35.5. The van der Waals surface area contributed by atoms with Gasteiger partial charge in [0.25, 0.3) is 0 Å². The summed E-state index contributed by atoms with van der Waals surface area (Å²) in [5.41, 5.74) is -6.38. The zero-order chi connectivity index (χ0) is 26.6. The molecule has 1 aliphatic carbocycles. The highest BCUT2D eigenvalue weighted by Crippen LogP contribution is 2.54. The van der Waals surface area contributed by atoms with Gasteiger partial charge in [0.2, 0.25) is 0 Å². The number of rotatable bonds is 6. The van der Waals surface area contributed by atoms with E-state index in [4.69, 9.17) is 34.8 Å². The minimum atomic E-state index is -6.32. The van der Waals surface area contributed by atoms with Gasteiger partial charge in [-0.05, 0) is 42.7 Å². The van der Waals surface area contributed by atoms with Crippen molar-refractivity contribution >= 4 is 34.8 Å². The lowest BCUT2D eigenvalue weighted by Crippen LogP contribution is -2.50. The summed E-state index contributed by atoms with van der Waals surface area (Å²) in [4.78, 5) is 0. The first-order valence-corrected chi connectivity index (χ1v) is 11.4. The molecule has 4 rings (SSSR count). The topological polar surface area (TPSA) is 50.1 Å². The van der Waals surface area contributed by atoms with Crippen LogP contribution in [0, 0.1) is 0 Å². The molecule has 0 saturated heterocycles. The molecular weight excluding hydrogens is 562 g/mol. The molecule has 1 aliphatic rings. The van der Waals surface area contributed by atoms with Gasteiger partial charge in [-0.1, -0.05) is 40.9 Å². The van der Waals surface area contributed by atoms with E-state index in [2.05, 4.69) is 10.4 Å². The smallest absolute Gasteiger partial charge is 0.374 e. The third-order valence-corrected chi connectivity index (χ3v) is 6.52. The van der Waals surface area contributed by atoms with Crippen molar-refractivity contribution in [1.29, 1.82) is 0 Å². The Morgan fingerprint density at radius 2 is 1.47 bits per heavy atom. The minimum Gasteiger partial charge on any atom is -0.374 e. The second kappa shape index (κ2) is 9.36. The molecular formula is C22H15Cl3F7N3O. The lowest BCUT2D eigenvalue weighted by Gasteiger charge is -2.30. The highest BCUT2D eigenvalue weighted by Gasteiger charge is 2.73. The average Bonchev–Trinajstić information content (AvgIpc) is 3.44. The molecule has 194 valence electrons. The third kappa shape index (κ3) is 4.91. The molecule has 1 atom stereocenters. The maximum absolute atomic E-state index is 14.5. The predicted octanol–water partition coefficient (Wildman–Crippen LogP) is 7.53. The fourth-order valence-corrected chi connectivity index (χ4v) is 4.44. The molecule has 0 amide bonds. The van der Waals surface area contributed by atoms with Gasteiger partial charge >= 0.3 is 18.0 Å². The molecule has 36 heavy (non-hydrogen) atoms. The fourth-order valence-electron chi connectivity index (χ4n) is 3.56. The standard InChI is InChI=1S/C22H15Cl3F7N3O/c23-15-4-1-10(5-14(15)19(36)34-13-2-3-13)11-8-33-35(9-11)18-16(24)6-12(7-17(18)25)20(26,21(27,28)29)22(30,31)32/h1,4-9,13,19,34,36H,2-3H2. The van der Waals surface area contributed by atoms with Gasteiger partial charge in [-0.3, -0.25) is 5.32 Å². The van der Waals surface area contributed by atoms with Crippen LogP contribution in [0.15, 0.2) is 42.7 Å². The molecule has 0 spiro atoms. The van der Waals surface area contributed by atoms with Crippen LogP contribution in [0.3, 0.4) is 0 Å². The van der Waals surface area contributed by atoms with Crippen molar-refractivity contribution in [3.05, 3.63) is 68.9 Å². The van der Waals surface area contributed by atoms with Crippen molar-refractivity contribution in [2.24, 2.45) is 0 Å². The van der Waals surface area contributed by atoms with Crippen LogP contribution in [-0.4, -0.2) is 33.3 Å². The first kappa shape index (κ1) is 27.0. The van der Waals surface area contributed by atoms with Crippen molar-refractivity contribution in [2.75, 3.05) is 0 Å². The summed E-state index contributed by atoms with van der Waals surface area (Å²) in [6, 6.07) is 5.38.